The van der Waals surface area contributed by atoms with Gasteiger partial charge in [-0.05, 0) is 55.7 Å². The van der Waals surface area contributed by atoms with Gasteiger partial charge >= 0.3 is 0 Å². The highest BCUT2D eigenvalue weighted by atomic mass is 127. The molecule has 31 heavy (non-hydrogen) atoms. The molecule has 0 fully saturated rings. The van der Waals surface area contributed by atoms with Crippen LogP contribution in [0.5, 0.6) is 0 Å². The van der Waals surface area contributed by atoms with Crippen LogP contribution in [0.4, 0.5) is 4.39 Å². The molecule has 2 heterocycles. The third-order valence-corrected chi connectivity index (χ3v) is 5.88. The number of hydrogen-bond donors (Lipinski definition) is 2. The molecule has 1 aliphatic rings. The van der Waals surface area contributed by atoms with Crippen molar-refractivity contribution in [1.29, 1.82) is 0 Å². The van der Waals surface area contributed by atoms with E-state index in [0.717, 1.165) is 73.4 Å². The van der Waals surface area contributed by atoms with Crippen molar-refractivity contribution in [2.45, 2.75) is 64.3 Å². The smallest absolute Gasteiger partial charge is 0.191 e. The Morgan fingerprint density at radius 1 is 1.19 bits per heavy atom. The van der Waals surface area contributed by atoms with Crippen LogP contribution in [0.25, 0.3) is 0 Å². The minimum Gasteiger partial charge on any atom is -0.357 e. The summed E-state index contributed by atoms with van der Waals surface area (Å²) in [7, 11) is 0. The lowest BCUT2D eigenvalue weighted by atomic mass is 10.1. The maximum absolute atomic E-state index is 13.6. The van der Waals surface area contributed by atoms with Crippen molar-refractivity contribution in [2.24, 2.45) is 4.99 Å². The molecule has 0 atom stereocenters. The summed E-state index contributed by atoms with van der Waals surface area (Å²) in [5.41, 5.74) is 2.07. The number of benzene rings is 1. The van der Waals surface area contributed by atoms with Gasteiger partial charge in [-0.15, -0.1) is 34.2 Å². The molecule has 0 unspecified atom stereocenters. The second kappa shape index (κ2) is 13.9. The van der Waals surface area contributed by atoms with Crippen molar-refractivity contribution in [1.82, 2.24) is 25.4 Å². The highest BCUT2D eigenvalue weighted by Crippen LogP contribution is 2.18. The monoisotopic (exact) mass is 560 g/mol. The number of fused-ring (bicyclic) bond motifs is 1. The Morgan fingerprint density at radius 3 is 2.87 bits per heavy atom. The number of nitrogens with one attached hydrogen (secondary N) is 2. The van der Waals surface area contributed by atoms with E-state index in [0.29, 0.717) is 6.54 Å². The number of hydrogen-bond acceptors (Lipinski definition) is 4. The first-order chi connectivity index (χ1) is 14.7. The summed E-state index contributed by atoms with van der Waals surface area (Å²) in [4.78, 5) is 4.70. The van der Waals surface area contributed by atoms with Gasteiger partial charge in [-0.1, -0.05) is 12.5 Å². The topological polar surface area (TPSA) is 67.1 Å². The first kappa shape index (κ1) is 25.9. The standard InChI is InChI=1S/C22H33FN6S.HI/c1-3-24-22(26-15-17-10-11-19(23)14-18(17)16-30-2)25-12-7-9-21-28-27-20-8-5-4-6-13-29(20)21;/h10-11,14H,3-9,12-13,15-16H2,1-2H3,(H2,24,25,26);1H. The van der Waals surface area contributed by atoms with Crippen LogP contribution in [-0.4, -0.2) is 40.1 Å². The van der Waals surface area contributed by atoms with E-state index in [1.54, 1.807) is 17.8 Å². The van der Waals surface area contributed by atoms with Crippen molar-refractivity contribution in [3.8, 4) is 0 Å². The van der Waals surface area contributed by atoms with Crippen LogP contribution in [0.3, 0.4) is 0 Å². The molecule has 1 aliphatic heterocycles. The fourth-order valence-corrected chi connectivity index (χ4v) is 4.31. The van der Waals surface area contributed by atoms with Crippen molar-refractivity contribution < 1.29 is 4.39 Å². The second-order valence-electron chi connectivity index (χ2n) is 7.57. The molecule has 0 aliphatic carbocycles. The molecule has 0 bridgehead atoms. The van der Waals surface area contributed by atoms with Crippen LogP contribution in [0.15, 0.2) is 23.2 Å². The molecule has 0 saturated heterocycles. The summed E-state index contributed by atoms with van der Waals surface area (Å²) in [5.74, 6) is 3.63. The fraction of sp³-hybridized carbons (Fsp3) is 0.591. The summed E-state index contributed by atoms with van der Waals surface area (Å²) in [5, 5.41) is 15.5. The molecule has 2 N–H and O–H groups in total. The maximum Gasteiger partial charge on any atom is 0.191 e. The highest BCUT2D eigenvalue weighted by molar-refractivity contribution is 14.0. The van der Waals surface area contributed by atoms with Crippen LogP contribution < -0.4 is 10.6 Å². The molecule has 0 amide bonds. The van der Waals surface area contributed by atoms with Crippen LogP contribution >= 0.6 is 35.7 Å². The Labute approximate surface area is 206 Å². The molecule has 9 heteroatoms. The maximum atomic E-state index is 13.6. The van der Waals surface area contributed by atoms with E-state index in [2.05, 4.69) is 32.3 Å². The predicted molar refractivity (Wildman–Crippen MR) is 138 cm³/mol. The van der Waals surface area contributed by atoms with Gasteiger partial charge in [0.2, 0.25) is 0 Å². The molecular weight excluding hydrogens is 526 g/mol. The zero-order valence-corrected chi connectivity index (χ0v) is 21.6. The predicted octanol–water partition coefficient (Wildman–Crippen LogP) is 4.31. The summed E-state index contributed by atoms with van der Waals surface area (Å²) >= 11 is 1.69. The van der Waals surface area contributed by atoms with E-state index >= 15 is 0 Å². The zero-order valence-electron chi connectivity index (χ0n) is 18.5. The Bertz CT molecular complexity index is 841. The van der Waals surface area contributed by atoms with E-state index in [4.69, 9.17) is 4.99 Å². The fourth-order valence-electron chi connectivity index (χ4n) is 3.73. The average molecular weight is 561 g/mol. The SMILES string of the molecule is CCNC(=NCc1ccc(F)cc1CSC)NCCCc1nnc2n1CCCCC2.I. The van der Waals surface area contributed by atoms with Crippen molar-refractivity contribution in [3.05, 3.63) is 46.8 Å². The van der Waals surface area contributed by atoms with E-state index in [-0.39, 0.29) is 29.8 Å². The minimum absolute atomic E-state index is 0. The molecule has 172 valence electrons. The second-order valence-corrected chi connectivity index (χ2v) is 8.43. The Hall–Kier alpha value is -1.36. The molecule has 6 nitrogen and oxygen atoms in total. The number of rotatable bonds is 9. The Morgan fingerprint density at radius 2 is 2.06 bits per heavy atom. The summed E-state index contributed by atoms with van der Waals surface area (Å²) in [6.45, 7) is 5.24. The van der Waals surface area contributed by atoms with E-state index in [1.807, 2.05) is 12.3 Å². The summed E-state index contributed by atoms with van der Waals surface area (Å²) in [6.07, 6.45) is 8.66. The first-order valence-electron chi connectivity index (χ1n) is 10.9. The molecule has 0 spiro atoms. The van der Waals surface area contributed by atoms with Crippen LogP contribution in [0, 0.1) is 5.82 Å². The van der Waals surface area contributed by atoms with Crippen LogP contribution in [0.1, 0.15) is 55.4 Å². The molecule has 3 rings (SSSR count). The van der Waals surface area contributed by atoms with E-state index in [1.165, 1.54) is 25.3 Å². The zero-order chi connectivity index (χ0) is 21.2. The number of thioether (sulfide) groups is 1. The van der Waals surface area contributed by atoms with Gasteiger partial charge in [0.1, 0.15) is 17.5 Å². The molecule has 2 aromatic rings. The third-order valence-electron chi connectivity index (χ3n) is 5.28. The van der Waals surface area contributed by atoms with E-state index < -0.39 is 0 Å². The van der Waals surface area contributed by atoms with Gasteiger partial charge in [-0.25, -0.2) is 9.38 Å². The molecule has 0 radical (unpaired) electrons. The number of halogens is 2. The largest absolute Gasteiger partial charge is 0.357 e. The van der Waals surface area contributed by atoms with Crippen LogP contribution in [-0.2, 0) is 31.7 Å². The van der Waals surface area contributed by atoms with Gasteiger partial charge in [0.25, 0.3) is 0 Å². The number of aromatic nitrogens is 3. The van der Waals surface area contributed by atoms with Gasteiger partial charge in [0.15, 0.2) is 5.96 Å². The molecule has 1 aromatic heterocycles. The van der Waals surface area contributed by atoms with Gasteiger partial charge in [0, 0.05) is 38.2 Å². The van der Waals surface area contributed by atoms with Gasteiger partial charge < -0.3 is 15.2 Å². The van der Waals surface area contributed by atoms with Crippen LogP contribution in [0.2, 0.25) is 0 Å². The van der Waals surface area contributed by atoms with Crippen molar-refractivity contribution in [2.75, 3.05) is 19.3 Å². The van der Waals surface area contributed by atoms with Gasteiger partial charge in [-0.2, -0.15) is 11.8 Å². The Balaban J connectivity index is 0.00000341. The quantitative estimate of drug-likeness (QED) is 0.207. The number of nitrogens with zero attached hydrogens (tertiary/aromatic N) is 4. The average Bonchev–Trinajstić information content (AvgIpc) is 2.96. The van der Waals surface area contributed by atoms with Gasteiger partial charge in [-0.3, -0.25) is 0 Å². The van der Waals surface area contributed by atoms with E-state index in [9.17, 15) is 4.39 Å². The molecular formula is C22H34FIN6S. The lowest BCUT2D eigenvalue weighted by Crippen LogP contribution is -2.38. The summed E-state index contributed by atoms with van der Waals surface area (Å²) < 4.78 is 15.9. The highest BCUT2D eigenvalue weighted by Gasteiger charge is 2.14. The molecule has 0 saturated carbocycles. The number of guanidine groups is 1. The lowest BCUT2D eigenvalue weighted by Gasteiger charge is -2.13. The first-order valence-corrected chi connectivity index (χ1v) is 12.3. The Kier molecular flexibility index (Phi) is 11.6. The van der Waals surface area contributed by atoms with Gasteiger partial charge in [0.05, 0.1) is 6.54 Å². The number of aryl methyl sites for hydroxylation is 2. The van der Waals surface area contributed by atoms with Crippen molar-refractivity contribution >= 4 is 41.7 Å². The van der Waals surface area contributed by atoms with Crippen molar-refractivity contribution in [3.63, 3.8) is 0 Å². The minimum atomic E-state index is -0.191. The lowest BCUT2D eigenvalue weighted by molar-refractivity contribution is 0.594. The third kappa shape index (κ3) is 7.93. The summed E-state index contributed by atoms with van der Waals surface area (Å²) in [6, 6.07) is 4.96. The number of aliphatic imine (C=N–C) groups is 1. The normalized spacial score (nSPS) is 13.8. The molecule has 1 aromatic carbocycles.